The molecule has 6 heteroatoms. The molecule has 0 aliphatic carbocycles. The Labute approximate surface area is 119 Å². The third-order valence-corrected chi connectivity index (χ3v) is 5.25. The summed E-state index contributed by atoms with van der Waals surface area (Å²) in [5.41, 5.74) is 2.31. The monoisotopic (exact) mass is 294 g/mol. The fraction of sp³-hybridized carbons (Fsp3) is 0.500. The van der Waals surface area contributed by atoms with Gasteiger partial charge in [0.1, 0.15) is 0 Å². The normalized spacial score (nSPS) is 21.6. The van der Waals surface area contributed by atoms with Gasteiger partial charge in [0, 0.05) is 24.7 Å². The number of carbonyl (C=O) groups is 1. The molecule has 2 aliphatic rings. The molecule has 0 radical (unpaired) electrons. The van der Waals surface area contributed by atoms with Crippen LogP contribution in [0.3, 0.4) is 0 Å². The number of anilines is 1. The van der Waals surface area contributed by atoms with Gasteiger partial charge in [0.2, 0.25) is 10.0 Å². The second kappa shape index (κ2) is 4.48. The molecule has 2 heterocycles. The number of carbonyl (C=O) groups excluding carboxylic acids is 1. The highest BCUT2D eigenvalue weighted by molar-refractivity contribution is 7.92. The Kier molecular flexibility index (Phi) is 3.01. The molecule has 108 valence electrons. The molecule has 3 rings (SSSR count). The molecule has 1 aromatic rings. The first-order valence-electron chi connectivity index (χ1n) is 6.79. The number of hydrogen-bond acceptors (Lipinski definition) is 3. The summed E-state index contributed by atoms with van der Waals surface area (Å²) in [6.07, 6.45) is 2.94. The van der Waals surface area contributed by atoms with Crippen molar-refractivity contribution in [1.82, 2.24) is 4.90 Å². The lowest BCUT2D eigenvalue weighted by atomic mass is 10.0. The summed E-state index contributed by atoms with van der Waals surface area (Å²) in [6, 6.07) is 5.25. The number of benzene rings is 1. The van der Waals surface area contributed by atoms with Crippen LogP contribution in [0.4, 0.5) is 5.69 Å². The first-order valence-corrected chi connectivity index (χ1v) is 8.64. The van der Waals surface area contributed by atoms with Crippen LogP contribution in [0.1, 0.15) is 29.3 Å². The molecule has 1 saturated heterocycles. The molecule has 0 N–H and O–H groups in total. The third-order valence-electron chi connectivity index (χ3n) is 3.98. The highest BCUT2D eigenvalue weighted by Gasteiger charge is 2.33. The Morgan fingerprint density at radius 3 is 2.55 bits per heavy atom. The standard InChI is InChI=1S/C14H18N2O3S/c1-10-8-12-9-11(14(17)15-6-3-7-15)4-5-13(12)16(10)20(2,18)19/h4-5,9-10H,3,6-8H2,1-2H3. The first-order chi connectivity index (χ1) is 9.38. The second-order valence-corrected chi connectivity index (χ2v) is 7.46. The number of sulfonamides is 1. The lowest BCUT2D eigenvalue weighted by Gasteiger charge is -2.31. The van der Waals surface area contributed by atoms with E-state index in [1.807, 2.05) is 17.9 Å². The maximum atomic E-state index is 12.2. The van der Waals surface area contributed by atoms with Crippen molar-refractivity contribution in [3.63, 3.8) is 0 Å². The van der Waals surface area contributed by atoms with Gasteiger partial charge in [-0.3, -0.25) is 9.10 Å². The summed E-state index contributed by atoms with van der Waals surface area (Å²) in [4.78, 5) is 14.0. The van der Waals surface area contributed by atoms with Crippen molar-refractivity contribution in [1.29, 1.82) is 0 Å². The molecule has 1 amide bonds. The van der Waals surface area contributed by atoms with Gasteiger partial charge in [0.25, 0.3) is 5.91 Å². The molecule has 0 saturated carbocycles. The van der Waals surface area contributed by atoms with Crippen LogP contribution in [-0.2, 0) is 16.4 Å². The van der Waals surface area contributed by atoms with E-state index in [1.54, 1.807) is 12.1 Å². The summed E-state index contributed by atoms with van der Waals surface area (Å²) in [7, 11) is -3.27. The minimum absolute atomic E-state index is 0.0458. The predicted octanol–water partition coefficient (Wildman–Crippen LogP) is 1.24. The van der Waals surface area contributed by atoms with Gasteiger partial charge in [-0.1, -0.05) is 0 Å². The number of amides is 1. The van der Waals surface area contributed by atoms with Crippen molar-refractivity contribution in [2.45, 2.75) is 25.8 Å². The number of fused-ring (bicyclic) bond motifs is 1. The Balaban J connectivity index is 1.95. The summed E-state index contributed by atoms with van der Waals surface area (Å²) in [5.74, 6) is 0.0458. The highest BCUT2D eigenvalue weighted by Crippen LogP contribution is 2.35. The highest BCUT2D eigenvalue weighted by atomic mass is 32.2. The zero-order chi connectivity index (χ0) is 14.5. The van der Waals surface area contributed by atoms with Gasteiger partial charge in [-0.15, -0.1) is 0 Å². The van der Waals surface area contributed by atoms with Crippen molar-refractivity contribution in [3.8, 4) is 0 Å². The smallest absolute Gasteiger partial charge is 0.253 e. The molecular weight excluding hydrogens is 276 g/mol. The minimum atomic E-state index is -3.27. The Morgan fingerprint density at radius 2 is 2.00 bits per heavy atom. The third kappa shape index (κ3) is 2.08. The summed E-state index contributed by atoms with van der Waals surface area (Å²) >= 11 is 0. The molecule has 1 unspecified atom stereocenters. The lowest BCUT2D eigenvalue weighted by molar-refractivity contribution is 0.0652. The molecular formula is C14H18N2O3S. The van der Waals surface area contributed by atoms with Crippen LogP contribution in [-0.4, -0.2) is 44.6 Å². The van der Waals surface area contributed by atoms with Crippen molar-refractivity contribution in [3.05, 3.63) is 29.3 Å². The van der Waals surface area contributed by atoms with E-state index in [0.29, 0.717) is 17.7 Å². The fourth-order valence-corrected chi connectivity index (χ4v) is 4.21. The largest absolute Gasteiger partial charge is 0.339 e. The average Bonchev–Trinajstić information content (AvgIpc) is 2.60. The van der Waals surface area contributed by atoms with Crippen molar-refractivity contribution < 1.29 is 13.2 Å². The van der Waals surface area contributed by atoms with Gasteiger partial charge in [-0.2, -0.15) is 0 Å². The second-order valence-electron chi connectivity index (χ2n) is 5.60. The van der Waals surface area contributed by atoms with Gasteiger partial charge in [0.15, 0.2) is 0 Å². The minimum Gasteiger partial charge on any atom is -0.339 e. The lowest BCUT2D eigenvalue weighted by Crippen LogP contribution is -2.42. The van der Waals surface area contributed by atoms with Crippen LogP contribution in [0.15, 0.2) is 18.2 Å². The van der Waals surface area contributed by atoms with E-state index in [1.165, 1.54) is 10.6 Å². The van der Waals surface area contributed by atoms with Gasteiger partial charge in [0.05, 0.1) is 11.9 Å². The van der Waals surface area contributed by atoms with E-state index < -0.39 is 10.0 Å². The Morgan fingerprint density at radius 1 is 1.30 bits per heavy atom. The van der Waals surface area contributed by atoms with Gasteiger partial charge in [-0.05, 0) is 43.5 Å². The van der Waals surface area contributed by atoms with Gasteiger partial charge >= 0.3 is 0 Å². The maximum Gasteiger partial charge on any atom is 0.253 e. The van der Waals surface area contributed by atoms with E-state index in [-0.39, 0.29) is 11.9 Å². The van der Waals surface area contributed by atoms with Crippen molar-refractivity contribution >= 4 is 21.6 Å². The van der Waals surface area contributed by atoms with E-state index in [0.717, 1.165) is 25.1 Å². The average molecular weight is 294 g/mol. The number of rotatable bonds is 2. The predicted molar refractivity (Wildman–Crippen MR) is 77.5 cm³/mol. The SMILES string of the molecule is CC1Cc2cc(C(=O)N3CCC3)ccc2N1S(C)(=O)=O. The zero-order valence-corrected chi connectivity index (χ0v) is 12.5. The van der Waals surface area contributed by atoms with Crippen molar-refractivity contribution in [2.75, 3.05) is 23.7 Å². The Hall–Kier alpha value is -1.56. The molecule has 1 atom stereocenters. The van der Waals surface area contributed by atoms with Gasteiger partial charge in [-0.25, -0.2) is 8.42 Å². The maximum absolute atomic E-state index is 12.2. The molecule has 5 nitrogen and oxygen atoms in total. The summed E-state index contributed by atoms with van der Waals surface area (Å²) in [5, 5.41) is 0. The molecule has 20 heavy (non-hydrogen) atoms. The molecule has 0 bridgehead atoms. The van der Waals surface area contributed by atoms with Crippen LogP contribution in [0.25, 0.3) is 0 Å². The summed E-state index contributed by atoms with van der Waals surface area (Å²) < 4.78 is 25.1. The van der Waals surface area contributed by atoms with E-state index in [4.69, 9.17) is 0 Å². The number of hydrogen-bond donors (Lipinski definition) is 0. The molecule has 0 aromatic heterocycles. The molecule has 0 spiro atoms. The molecule has 1 fully saturated rings. The molecule has 1 aromatic carbocycles. The number of likely N-dealkylation sites (tertiary alicyclic amines) is 1. The quantitative estimate of drug-likeness (QED) is 0.824. The van der Waals surface area contributed by atoms with Crippen LogP contribution in [0.2, 0.25) is 0 Å². The fourth-order valence-electron chi connectivity index (χ4n) is 2.94. The first kappa shape index (κ1) is 13.4. The Bertz CT molecular complexity index is 665. The van der Waals surface area contributed by atoms with Gasteiger partial charge < -0.3 is 4.90 Å². The topological polar surface area (TPSA) is 57.7 Å². The van der Waals surface area contributed by atoms with E-state index in [2.05, 4.69) is 0 Å². The number of nitrogens with zero attached hydrogens (tertiary/aromatic N) is 2. The molecule has 2 aliphatic heterocycles. The van der Waals surface area contributed by atoms with Crippen LogP contribution in [0, 0.1) is 0 Å². The van der Waals surface area contributed by atoms with Crippen LogP contribution < -0.4 is 4.31 Å². The van der Waals surface area contributed by atoms with E-state index >= 15 is 0 Å². The van der Waals surface area contributed by atoms with E-state index in [9.17, 15) is 13.2 Å². The van der Waals surface area contributed by atoms with Crippen LogP contribution >= 0.6 is 0 Å². The van der Waals surface area contributed by atoms with Crippen LogP contribution in [0.5, 0.6) is 0 Å². The zero-order valence-electron chi connectivity index (χ0n) is 11.7. The summed E-state index contributed by atoms with van der Waals surface area (Å²) in [6.45, 7) is 3.53. The van der Waals surface area contributed by atoms with Crippen molar-refractivity contribution in [2.24, 2.45) is 0 Å².